The van der Waals surface area contributed by atoms with Crippen LogP contribution in [0.5, 0.6) is 11.5 Å². The van der Waals surface area contributed by atoms with Crippen LogP contribution in [0.15, 0.2) is 91.0 Å². The van der Waals surface area contributed by atoms with Crippen LogP contribution in [0, 0.1) is 12.8 Å². The van der Waals surface area contributed by atoms with Crippen LogP contribution >= 0.6 is 0 Å². The van der Waals surface area contributed by atoms with Crippen LogP contribution in [0.2, 0.25) is 0 Å². The van der Waals surface area contributed by atoms with E-state index in [0.717, 1.165) is 38.9 Å². The lowest BCUT2D eigenvalue weighted by atomic mass is 9.91. The van der Waals surface area contributed by atoms with Crippen molar-refractivity contribution < 1.29 is 19.1 Å². The van der Waals surface area contributed by atoms with Gasteiger partial charge >= 0.3 is 0 Å². The molecule has 2 unspecified atom stereocenters. The van der Waals surface area contributed by atoms with Crippen LogP contribution in [-0.2, 0) is 4.79 Å². The number of para-hydroxylation sites is 1. The minimum atomic E-state index is -0.758. The van der Waals surface area contributed by atoms with Gasteiger partial charge in [0.2, 0.25) is 5.91 Å². The molecule has 0 spiro atoms. The van der Waals surface area contributed by atoms with Gasteiger partial charge in [-0.1, -0.05) is 80.1 Å². The van der Waals surface area contributed by atoms with E-state index >= 15 is 0 Å². The Morgan fingerprint density at radius 1 is 0.932 bits per heavy atom. The van der Waals surface area contributed by atoms with Crippen LogP contribution in [0.3, 0.4) is 0 Å². The Morgan fingerprint density at radius 3 is 2.39 bits per heavy atom. The molecule has 6 rings (SSSR count). The highest BCUT2D eigenvalue weighted by Gasteiger charge is 2.46. The predicted molar refractivity (Wildman–Crippen MR) is 174 cm³/mol. The Hall–Kier alpha value is -5.04. The number of ether oxygens (including phenoxy) is 2. The Balaban J connectivity index is 1.52. The molecule has 1 aromatic heterocycles. The van der Waals surface area contributed by atoms with Gasteiger partial charge in [-0.15, -0.1) is 0 Å². The number of methoxy groups -OCH3 is 2. The third-order valence-corrected chi connectivity index (χ3v) is 8.36. The fourth-order valence-corrected chi connectivity index (χ4v) is 6.26. The van der Waals surface area contributed by atoms with E-state index in [9.17, 15) is 9.59 Å². The standard InChI is InChI=1S/C37H37N3O4/c1-22(2)20-31(36(41)39-30-19-18-25(43-4)21-32(30)44-5)40-35(26-10-6-7-11-27(26)37(40)42)33-28-12-8-9-13-29(28)38-34(33)24-16-14-23(3)15-17-24/h6-19,21-22,31,35,38H,20H2,1-5H3,(H,39,41). The third-order valence-electron chi connectivity index (χ3n) is 8.36. The smallest absolute Gasteiger partial charge is 0.255 e. The van der Waals surface area contributed by atoms with Gasteiger partial charge in [-0.3, -0.25) is 9.59 Å². The molecule has 7 nitrogen and oxygen atoms in total. The van der Waals surface area contributed by atoms with E-state index in [1.807, 2.05) is 36.4 Å². The number of nitrogens with one attached hydrogen (secondary N) is 2. The predicted octanol–water partition coefficient (Wildman–Crippen LogP) is 7.76. The molecule has 2 heterocycles. The summed E-state index contributed by atoms with van der Waals surface area (Å²) in [5, 5.41) is 4.09. The summed E-state index contributed by atoms with van der Waals surface area (Å²) < 4.78 is 10.9. The molecule has 2 amide bonds. The van der Waals surface area contributed by atoms with Gasteiger partial charge in [0, 0.05) is 28.1 Å². The number of anilines is 1. The monoisotopic (exact) mass is 587 g/mol. The van der Waals surface area contributed by atoms with Crippen molar-refractivity contribution in [2.75, 3.05) is 19.5 Å². The van der Waals surface area contributed by atoms with E-state index in [1.54, 1.807) is 37.3 Å². The second-order valence-electron chi connectivity index (χ2n) is 11.7. The second-order valence-corrected chi connectivity index (χ2v) is 11.7. The summed E-state index contributed by atoms with van der Waals surface area (Å²) in [6.07, 6.45) is 0.475. The summed E-state index contributed by atoms with van der Waals surface area (Å²) in [6.45, 7) is 6.21. The van der Waals surface area contributed by atoms with Gasteiger partial charge in [-0.2, -0.15) is 0 Å². The zero-order chi connectivity index (χ0) is 31.0. The van der Waals surface area contributed by atoms with Crippen LogP contribution in [-0.4, -0.2) is 42.0 Å². The number of hydrogen-bond donors (Lipinski definition) is 2. The van der Waals surface area contributed by atoms with E-state index < -0.39 is 12.1 Å². The zero-order valence-corrected chi connectivity index (χ0v) is 25.7. The molecule has 0 aliphatic carbocycles. The Bertz CT molecular complexity index is 1840. The van der Waals surface area contributed by atoms with Gasteiger partial charge in [-0.25, -0.2) is 0 Å². The first-order chi connectivity index (χ1) is 21.3. The molecule has 2 N–H and O–H groups in total. The van der Waals surface area contributed by atoms with Gasteiger partial charge in [0.05, 0.1) is 31.6 Å². The van der Waals surface area contributed by atoms with Crippen molar-refractivity contribution in [2.45, 2.75) is 39.3 Å². The molecule has 1 aliphatic heterocycles. The van der Waals surface area contributed by atoms with Gasteiger partial charge in [0.1, 0.15) is 17.5 Å². The molecule has 0 bridgehead atoms. The van der Waals surface area contributed by atoms with Crippen molar-refractivity contribution in [2.24, 2.45) is 5.92 Å². The quantitative estimate of drug-likeness (QED) is 0.185. The average molecular weight is 588 g/mol. The average Bonchev–Trinajstić information content (AvgIpc) is 3.55. The molecule has 0 radical (unpaired) electrons. The summed E-state index contributed by atoms with van der Waals surface area (Å²) in [7, 11) is 3.13. The highest BCUT2D eigenvalue weighted by molar-refractivity contribution is 6.06. The number of fused-ring (bicyclic) bond motifs is 2. The Labute approximate surface area is 257 Å². The maximum atomic E-state index is 14.4. The Kier molecular flexibility index (Phi) is 7.87. The maximum Gasteiger partial charge on any atom is 0.255 e. The first-order valence-electron chi connectivity index (χ1n) is 14.9. The number of carbonyl (C=O) groups is 2. The molecule has 0 saturated heterocycles. The van der Waals surface area contributed by atoms with Crippen LogP contribution < -0.4 is 14.8 Å². The van der Waals surface area contributed by atoms with Crippen LogP contribution in [0.4, 0.5) is 5.69 Å². The lowest BCUT2D eigenvalue weighted by Crippen LogP contribution is -2.47. The van der Waals surface area contributed by atoms with Crippen molar-refractivity contribution in [1.82, 2.24) is 9.88 Å². The minimum Gasteiger partial charge on any atom is -0.497 e. The van der Waals surface area contributed by atoms with Gasteiger partial charge in [-0.05, 0) is 54.7 Å². The van der Waals surface area contributed by atoms with E-state index in [0.29, 0.717) is 29.2 Å². The van der Waals surface area contributed by atoms with E-state index in [-0.39, 0.29) is 17.7 Å². The number of aromatic nitrogens is 1. The van der Waals surface area contributed by atoms with E-state index in [2.05, 4.69) is 67.5 Å². The number of nitrogens with zero attached hydrogens (tertiary/aromatic N) is 1. The number of H-pyrrole nitrogens is 1. The summed E-state index contributed by atoms with van der Waals surface area (Å²) in [6, 6.07) is 28.3. The third kappa shape index (κ3) is 5.19. The lowest BCUT2D eigenvalue weighted by Gasteiger charge is -2.34. The van der Waals surface area contributed by atoms with E-state index in [1.165, 1.54) is 0 Å². The fourth-order valence-electron chi connectivity index (χ4n) is 6.26. The molecular weight excluding hydrogens is 550 g/mol. The highest BCUT2D eigenvalue weighted by Crippen LogP contribution is 2.47. The normalized spacial score (nSPS) is 15.0. The summed E-state index contributed by atoms with van der Waals surface area (Å²) in [4.78, 5) is 34.2. The zero-order valence-electron chi connectivity index (χ0n) is 25.7. The fraction of sp³-hybridized carbons (Fsp3) is 0.243. The number of rotatable bonds is 9. The maximum absolute atomic E-state index is 14.4. The molecule has 44 heavy (non-hydrogen) atoms. The van der Waals surface area contributed by atoms with Gasteiger partial charge < -0.3 is 24.7 Å². The van der Waals surface area contributed by atoms with Crippen molar-refractivity contribution in [3.05, 3.63) is 113 Å². The largest absolute Gasteiger partial charge is 0.497 e. The minimum absolute atomic E-state index is 0.139. The number of benzene rings is 4. The molecule has 224 valence electrons. The number of aromatic amines is 1. The number of carbonyl (C=O) groups excluding carboxylic acids is 2. The number of amides is 2. The molecule has 7 heteroatoms. The topological polar surface area (TPSA) is 83.7 Å². The molecular formula is C37H37N3O4. The number of aryl methyl sites for hydroxylation is 1. The summed E-state index contributed by atoms with van der Waals surface area (Å²) >= 11 is 0. The second kappa shape index (κ2) is 11.9. The van der Waals surface area contributed by atoms with E-state index in [4.69, 9.17) is 9.47 Å². The van der Waals surface area contributed by atoms with Crippen molar-refractivity contribution in [3.8, 4) is 22.8 Å². The molecule has 2 atom stereocenters. The molecule has 5 aromatic rings. The van der Waals surface area contributed by atoms with Crippen molar-refractivity contribution in [1.29, 1.82) is 0 Å². The van der Waals surface area contributed by atoms with Crippen molar-refractivity contribution in [3.63, 3.8) is 0 Å². The van der Waals surface area contributed by atoms with Gasteiger partial charge in [0.25, 0.3) is 5.91 Å². The first kappa shape index (κ1) is 29.1. The molecule has 1 aliphatic rings. The Morgan fingerprint density at radius 2 is 1.66 bits per heavy atom. The first-order valence-corrected chi connectivity index (χ1v) is 14.9. The molecule has 0 fully saturated rings. The summed E-state index contributed by atoms with van der Waals surface area (Å²) in [5.74, 6) is 0.803. The molecule has 0 saturated carbocycles. The molecule has 4 aromatic carbocycles. The van der Waals surface area contributed by atoms with Crippen LogP contribution in [0.25, 0.3) is 22.2 Å². The SMILES string of the molecule is COc1ccc(NC(=O)C(CC(C)C)N2C(=O)c3ccccc3C2c2c(-c3ccc(C)cc3)[nH]c3ccccc23)c(OC)c1. The van der Waals surface area contributed by atoms with Gasteiger partial charge in [0.15, 0.2) is 0 Å². The lowest BCUT2D eigenvalue weighted by molar-refractivity contribution is -0.121. The van der Waals surface area contributed by atoms with Crippen molar-refractivity contribution >= 4 is 28.4 Å². The highest BCUT2D eigenvalue weighted by atomic mass is 16.5. The summed E-state index contributed by atoms with van der Waals surface area (Å²) in [5.41, 5.74) is 7.09. The number of hydrogen-bond acceptors (Lipinski definition) is 4. The van der Waals surface area contributed by atoms with Crippen LogP contribution in [0.1, 0.15) is 53.4 Å².